The predicted molar refractivity (Wildman–Crippen MR) is 334 cm³/mol. The van der Waals surface area contributed by atoms with E-state index in [-0.39, 0.29) is 31.1 Å². The number of ether oxygens (including phenoxy) is 3. The predicted octanol–water partition coefficient (Wildman–Crippen LogP) is 22.4. The molecule has 6 heteroatoms. The van der Waals surface area contributed by atoms with E-state index in [1.54, 1.807) is 0 Å². The zero-order chi connectivity index (χ0) is 55.7. The van der Waals surface area contributed by atoms with Crippen molar-refractivity contribution >= 4 is 17.9 Å². The van der Waals surface area contributed by atoms with Crippen LogP contribution in [-0.2, 0) is 28.6 Å². The van der Waals surface area contributed by atoms with Crippen molar-refractivity contribution in [2.24, 2.45) is 0 Å². The van der Waals surface area contributed by atoms with Crippen LogP contribution in [0.25, 0.3) is 0 Å². The van der Waals surface area contributed by atoms with Gasteiger partial charge in [-0.05, 0) is 122 Å². The molecule has 0 radical (unpaired) electrons. The van der Waals surface area contributed by atoms with Crippen LogP contribution in [0.2, 0.25) is 0 Å². The van der Waals surface area contributed by atoms with Crippen LogP contribution in [0.1, 0.15) is 316 Å². The van der Waals surface area contributed by atoms with Crippen LogP contribution < -0.4 is 0 Å². The molecule has 0 aliphatic carbocycles. The van der Waals surface area contributed by atoms with Crippen molar-refractivity contribution in [1.29, 1.82) is 0 Å². The minimum atomic E-state index is -0.796. The summed E-state index contributed by atoms with van der Waals surface area (Å²) in [5.74, 6) is -0.912. The summed E-state index contributed by atoms with van der Waals surface area (Å²) in [6.45, 7) is 6.51. The highest BCUT2D eigenvalue weighted by Gasteiger charge is 2.19. The normalized spacial score (nSPS) is 12.7. The maximum atomic E-state index is 12.9. The van der Waals surface area contributed by atoms with Gasteiger partial charge in [0.1, 0.15) is 13.2 Å². The fraction of sp³-hybridized carbons (Fsp3) is 0.732. The molecule has 0 spiro atoms. The Morgan fingerprint density at radius 1 is 0.273 bits per heavy atom. The van der Waals surface area contributed by atoms with Crippen molar-refractivity contribution in [2.45, 2.75) is 322 Å². The fourth-order valence-corrected chi connectivity index (χ4v) is 9.14. The highest BCUT2D eigenvalue weighted by Crippen LogP contribution is 2.16. The van der Waals surface area contributed by atoms with Crippen LogP contribution in [-0.4, -0.2) is 37.2 Å². The Labute approximate surface area is 477 Å². The van der Waals surface area contributed by atoms with Crippen molar-refractivity contribution in [3.8, 4) is 0 Å². The summed E-state index contributed by atoms with van der Waals surface area (Å²) in [6, 6.07) is 0. The lowest BCUT2D eigenvalue weighted by atomic mass is 10.1. The minimum absolute atomic E-state index is 0.0905. The summed E-state index contributed by atoms with van der Waals surface area (Å²) in [4.78, 5) is 38.4. The van der Waals surface area contributed by atoms with Crippen LogP contribution >= 0.6 is 0 Å². The molecule has 0 aromatic heterocycles. The van der Waals surface area contributed by atoms with E-state index in [0.29, 0.717) is 19.3 Å². The van der Waals surface area contributed by atoms with Crippen LogP contribution in [0.4, 0.5) is 0 Å². The van der Waals surface area contributed by atoms with Gasteiger partial charge in [-0.15, -0.1) is 0 Å². The van der Waals surface area contributed by atoms with Crippen LogP contribution in [0.15, 0.2) is 97.2 Å². The van der Waals surface area contributed by atoms with Gasteiger partial charge in [-0.2, -0.15) is 0 Å². The monoisotopic (exact) mass is 1070 g/mol. The van der Waals surface area contributed by atoms with Gasteiger partial charge in [-0.25, -0.2) is 0 Å². The van der Waals surface area contributed by atoms with Crippen LogP contribution in [0, 0.1) is 0 Å². The lowest BCUT2D eigenvalue weighted by molar-refractivity contribution is -0.167. The van der Waals surface area contributed by atoms with Gasteiger partial charge in [0.05, 0.1) is 0 Å². The Morgan fingerprint density at radius 3 is 0.805 bits per heavy atom. The van der Waals surface area contributed by atoms with E-state index >= 15 is 0 Å². The second-order valence-electron chi connectivity index (χ2n) is 21.6. The average Bonchev–Trinajstić information content (AvgIpc) is 3.43. The second-order valence-corrected chi connectivity index (χ2v) is 21.6. The molecule has 0 aliphatic rings. The molecule has 0 N–H and O–H groups in total. The molecular formula is C71H122O6. The third kappa shape index (κ3) is 63.0. The Hall–Kier alpha value is -3.67. The molecule has 0 fully saturated rings. The van der Waals surface area contributed by atoms with Gasteiger partial charge in [0, 0.05) is 19.3 Å². The van der Waals surface area contributed by atoms with Crippen molar-refractivity contribution in [3.05, 3.63) is 97.2 Å². The first-order valence-electron chi connectivity index (χ1n) is 32.7. The standard InChI is InChI=1S/C71H122O6/c1-4-7-10-13-16-19-22-25-28-31-32-33-34-35-36-37-38-41-43-46-49-52-55-58-61-64-70(73)76-67-68(77-71(74)65-62-59-56-53-50-47-44-40-30-27-24-21-18-15-12-9-6-3)66-75-69(72)63-60-57-54-51-48-45-42-39-29-26-23-20-17-14-11-8-5-2/h9,12,18,21-22,25-27,29-32,34-35,44,47,68H,4-8,10-11,13-17,19-20,23-24,28,33,36-43,45-46,48-67H2,1-3H3/b12-9-,21-18-,25-22-,29-26-,30-27-,32-31-,35-34-,47-44-. The van der Waals surface area contributed by atoms with E-state index in [1.165, 1.54) is 167 Å². The first kappa shape index (κ1) is 73.3. The average molecular weight is 1070 g/mol. The van der Waals surface area contributed by atoms with Gasteiger partial charge < -0.3 is 14.2 Å². The third-order valence-electron chi connectivity index (χ3n) is 14.0. The Morgan fingerprint density at radius 2 is 0.506 bits per heavy atom. The number of esters is 3. The van der Waals surface area contributed by atoms with E-state index in [2.05, 4.69) is 118 Å². The molecular weight excluding hydrogens is 949 g/mol. The topological polar surface area (TPSA) is 78.9 Å². The molecule has 0 bridgehead atoms. The van der Waals surface area contributed by atoms with E-state index in [1.807, 2.05) is 0 Å². The number of carbonyl (C=O) groups is 3. The van der Waals surface area contributed by atoms with E-state index in [4.69, 9.17) is 14.2 Å². The first-order chi connectivity index (χ1) is 38.0. The zero-order valence-electron chi connectivity index (χ0n) is 50.7. The molecule has 0 heterocycles. The number of rotatable bonds is 59. The van der Waals surface area contributed by atoms with Gasteiger partial charge in [0.25, 0.3) is 0 Å². The van der Waals surface area contributed by atoms with E-state index in [0.717, 1.165) is 109 Å². The molecule has 0 aromatic rings. The minimum Gasteiger partial charge on any atom is -0.462 e. The van der Waals surface area contributed by atoms with Crippen molar-refractivity contribution < 1.29 is 28.6 Å². The van der Waals surface area contributed by atoms with Crippen molar-refractivity contribution in [3.63, 3.8) is 0 Å². The van der Waals surface area contributed by atoms with Crippen LogP contribution in [0.5, 0.6) is 0 Å². The summed E-state index contributed by atoms with van der Waals surface area (Å²) in [5.41, 5.74) is 0. The lowest BCUT2D eigenvalue weighted by Gasteiger charge is -2.18. The van der Waals surface area contributed by atoms with E-state index in [9.17, 15) is 14.4 Å². The largest absolute Gasteiger partial charge is 0.462 e. The molecule has 0 saturated heterocycles. The second kappa shape index (κ2) is 64.9. The summed E-state index contributed by atoms with van der Waals surface area (Å²) in [6.07, 6.45) is 87.0. The molecule has 0 rings (SSSR count). The molecule has 0 aromatic carbocycles. The summed E-state index contributed by atoms with van der Waals surface area (Å²) in [7, 11) is 0. The van der Waals surface area contributed by atoms with Crippen molar-refractivity contribution in [1.82, 2.24) is 0 Å². The zero-order valence-corrected chi connectivity index (χ0v) is 50.7. The highest BCUT2D eigenvalue weighted by molar-refractivity contribution is 5.71. The summed E-state index contributed by atoms with van der Waals surface area (Å²) in [5, 5.41) is 0. The Kier molecular flexibility index (Phi) is 61.8. The van der Waals surface area contributed by atoms with Gasteiger partial charge in [0.15, 0.2) is 6.10 Å². The van der Waals surface area contributed by atoms with Gasteiger partial charge in [0.2, 0.25) is 0 Å². The molecule has 6 nitrogen and oxygen atoms in total. The molecule has 0 aliphatic heterocycles. The lowest BCUT2D eigenvalue weighted by Crippen LogP contribution is -2.30. The first-order valence-corrected chi connectivity index (χ1v) is 32.7. The SMILES string of the molecule is CC/C=C\C/C=C\C/C=C\C/C=C\CCCCCCC(=O)OC(COC(=O)CCCCCCCCC/C=C\CCCCCCCC)COC(=O)CCCCCCCCCCCC/C=C\C/C=C\C/C=C\CCCCCCC. The maximum absolute atomic E-state index is 12.9. The van der Waals surface area contributed by atoms with Crippen LogP contribution in [0.3, 0.4) is 0 Å². The molecule has 0 saturated carbocycles. The summed E-state index contributed by atoms with van der Waals surface area (Å²) < 4.78 is 16.9. The van der Waals surface area contributed by atoms with E-state index < -0.39 is 6.10 Å². The number of allylic oxidation sites excluding steroid dienone is 16. The molecule has 1 unspecified atom stereocenters. The number of carbonyl (C=O) groups excluding carboxylic acids is 3. The number of hydrogen-bond donors (Lipinski definition) is 0. The fourth-order valence-electron chi connectivity index (χ4n) is 9.14. The summed E-state index contributed by atoms with van der Waals surface area (Å²) >= 11 is 0. The quantitative estimate of drug-likeness (QED) is 0.0261. The molecule has 1 atom stereocenters. The van der Waals surface area contributed by atoms with Crippen molar-refractivity contribution in [2.75, 3.05) is 13.2 Å². The van der Waals surface area contributed by atoms with Gasteiger partial charge >= 0.3 is 17.9 Å². The Balaban J connectivity index is 4.38. The number of hydrogen-bond acceptors (Lipinski definition) is 6. The molecule has 0 amide bonds. The molecule has 442 valence electrons. The number of unbranched alkanes of at least 4 members (excludes halogenated alkanes) is 32. The highest BCUT2D eigenvalue weighted by atomic mass is 16.6. The third-order valence-corrected chi connectivity index (χ3v) is 14.0. The van der Waals surface area contributed by atoms with Gasteiger partial charge in [-0.3, -0.25) is 14.4 Å². The molecule has 77 heavy (non-hydrogen) atoms. The van der Waals surface area contributed by atoms with Gasteiger partial charge in [-0.1, -0.05) is 272 Å². The smallest absolute Gasteiger partial charge is 0.306 e. The Bertz CT molecular complexity index is 1510. The maximum Gasteiger partial charge on any atom is 0.306 e.